The van der Waals surface area contributed by atoms with Gasteiger partial charge in [-0.25, -0.2) is 9.59 Å². The Morgan fingerprint density at radius 1 is 1.40 bits per heavy atom. The van der Waals surface area contributed by atoms with Crippen LogP contribution in [0, 0.1) is 0 Å². The van der Waals surface area contributed by atoms with Gasteiger partial charge in [0, 0.05) is 24.6 Å². The summed E-state index contributed by atoms with van der Waals surface area (Å²) in [5.74, 6) is 0.351. The van der Waals surface area contributed by atoms with Crippen LogP contribution in [0.3, 0.4) is 0 Å². The number of thioether (sulfide) groups is 1. The van der Waals surface area contributed by atoms with Crippen molar-refractivity contribution in [2.24, 2.45) is 0 Å². The van der Waals surface area contributed by atoms with Gasteiger partial charge >= 0.3 is 12.0 Å². The molecule has 2 aliphatic rings. The Labute approximate surface area is 123 Å². The van der Waals surface area contributed by atoms with Crippen LogP contribution in [0.1, 0.15) is 20.3 Å². The second-order valence-electron chi connectivity index (χ2n) is 5.26. The molecule has 1 N–H and O–H groups in total. The molecule has 2 fully saturated rings. The third-order valence-electron chi connectivity index (χ3n) is 3.84. The molecule has 0 aromatic heterocycles. The monoisotopic (exact) mass is 302 g/mol. The lowest BCUT2D eigenvalue weighted by Crippen LogP contribution is -2.60. The van der Waals surface area contributed by atoms with Gasteiger partial charge in [-0.3, -0.25) is 0 Å². The van der Waals surface area contributed by atoms with Crippen LogP contribution in [-0.2, 0) is 9.53 Å². The smallest absolute Gasteiger partial charge is 0.327 e. The van der Waals surface area contributed by atoms with Crippen LogP contribution in [0.15, 0.2) is 0 Å². The zero-order valence-corrected chi connectivity index (χ0v) is 12.8. The van der Waals surface area contributed by atoms with Gasteiger partial charge in [0.05, 0.1) is 18.8 Å². The van der Waals surface area contributed by atoms with E-state index in [0.717, 1.165) is 12.2 Å². The van der Waals surface area contributed by atoms with Gasteiger partial charge < -0.3 is 19.6 Å². The molecule has 0 spiro atoms. The number of nitrogens with zero attached hydrogens (tertiary/aromatic N) is 2. The lowest BCUT2D eigenvalue weighted by Gasteiger charge is -2.43. The molecule has 0 saturated carbocycles. The van der Waals surface area contributed by atoms with E-state index in [-0.39, 0.29) is 18.2 Å². The number of carbonyl (C=O) groups is 2. The maximum atomic E-state index is 12.7. The predicted octanol–water partition coefficient (Wildman–Crippen LogP) is 1.11. The minimum absolute atomic E-state index is 0.00388. The first kappa shape index (κ1) is 15.4. The van der Waals surface area contributed by atoms with Crippen LogP contribution in [0.25, 0.3) is 0 Å². The Hall–Kier alpha value is -0.950. The van der Waals surface area contributed by atoms with Gasteiger partial charge in [0.1, 0.15) is 6.04 Å². The van der Waals surface area contributed by atoms with Crippen molar-refractivity contribution >= 4 is 23.8 Å². The quantitative estimate of drug-likeness (QED) is 0.827. The highest BCUT2D eigenvalue weighted by atomic mass is 32.2. The fraction of sp³-hybridized carbons (Fsp3) is 0.846. The van der Waals surface area contributed by atoms with E-state index < -0.39 is 12.0 Å². The SMILES string of the molecule is CCC1COC(C)CN1C(=O)N1CCSCC1C(=O)O. The summed E-state index contributed by atoms with van der Waals surface area (Å²) < 4.78 is 5.59. The first-order chi connectivity index (χ1) is 9.54. The molecule has 3 atom stereocenters. The highest BCUT2D eigenvalue weighted by molar-refractivity contribution is 7.99. The van der Waals surface area contributed by atoms with Gasteiger partial charge in [-0.05, 0) is 13.3 Å². The number of carboxylic acid groups (broad SMARTS) is 1. The number of carbonyl (C=O) groups excluding carboxylic acids is 1. The number of morpholine rings is 1. The molecule has 2 amide bonds. The third-order valence-corrected chi connectivity index (χ3v) is 4.87. The molecule has 2 heterocycles. The molecular weight excluding hydrogens is 280 g/mol. The second-order valence-corrected chi connectivity index (χ2v) is 6.41. The van der Waals surface area contributed by atoms with Gasteiger partial charge in [0.25, 0.3) is 0 Å². The second kappa shape index (κ2) is 6.67. The summed E-state index contributed by atoms with van der Waals surface area (Å²) in [5.41, 5.74) is 0. The van der Waals surface area contributed by atoms with E-state index in [1.54, 1.807) is 16.7 Å². The lowest BCUT2D eigenvalue weighted by atomic mass is 10.1. The zero-order chi connectivity index (χ0) is 14.7. The summed E-state index contributed by atoms with van der Waals surface area (Å²) in [6, 6.07) is -0.820. The van der Waals surface area contributed by atoms with Crippen LogP contribution in [0.4, 0.5) is 4.79 Å². The molecular formula is C13H22N2O4S. The highest BCUT2D eigenvalue weighted by Gasteiger charge is 2.38. The van der Waals surface area contributed by atoms with Crippen molar-refractivity contribution in [3.63, 3.8) is 0 Å². The van der Waals surface area contributed by atoms with E-state index in [4.69, 9.17) is 4.74 Å². The lowest BCUT2D eigenvalue weighted by molar-refractivity contribution is -0.141. The zero-order valence-electron chi connectivity index (χ0n) is 11.9. The molecule has 0 bridgehead atoms. The van der Waals surface area contributed by atoms with Gasteiger partial charge in [-0.15, -0.1) is 0 Å². The summed E-state index contributed by atoms with van der Waals surface area (Å²) in [7, 11) is 0. The molecule has 114 valence electrons. The summed E-state index contributed by atoms with van der Waals surface area (Å²) >= 11 is 1.59. The predicted molar refractivity (Wildman–Crippen MR) is 77.0 cm³/mol. The van der Waals surface area contributed by atoms with Gasteiger partial charge in [0.15, 0.2) is 0 Å². The summed E-state index contributed by atoms with van der Waals surface area (Å²) in [5, 5.41) is 9.28. The molecule has 0 radical (unpaired) electrons. The normalized spacial score (nSPS) is 31.2. The summed E-state index contributed by atoms with van der Waals surface area (Å²) in [6.07, 6.45) is 0.822. The van der Waals surface area contributed by atoms with E-state index in [1.165, 1.54) is 4.90 Å². The van der Waals surface area contributed by atoms with Gasteiger partial charge in [-0.1, -0.05) is 6.92 Å². The molecule has 6 nitrogen and oxygen atoms in total. The Kier molecular flexibility index (Phi) is 5.15. The third kappa shape index (κ3) is 3.20. The van der Waals surface area contributed by atoms with Crippen LogP contribution < -0.4 is 0 Å². The van der Waals surface area contributed by atoms with Crippen molar-refractivity contribution in [2.45, 2.75) is 38.5 Å². The average molecular weight is 302 g/mol. The minimum Gasteiger partial charge on any atom is -0.480 e. The maximum absolute atomic E-state index is 12.7. The van der Waals surface area contributed by atoms with Crippen LogP contribution in [0.2, 0.25) is 0 Å². The number of amides is 2. The topological polar surface area (TPSA) is 70.1 Å². The van der Waals surface area contributed by atoms with Crippen LogP contribution in [0.5, 0.6) is 0 Å². The molecule has 0 aromatic carbocycles. The Bertz CT molecular complexity index is 379. The van der Waals surface area contributed by atoms with Gasteiger partial charge in [0.2, 0.25) is 0 Å². The van der Waals surface area contributed by atoms with Crippen molar-refractivity contribution in [3.8, 4) is 0 Å². The number of rotatable bonds is 2. The molecule has 0 aliphatic carbocycles. The summed E-state index contributed by atoms with van der Waals surface area (Å²) in [4.78, 5) is 27.3. The van der Waals surface area contributed by atoms with Crippen LogP contribution >= 0.6 is 11.8 Å². The van der Waals surface area contributed by atoms with E-state index in [2.05, 4.69) is 0 Å². The van der Waals surface area contributed by atoms with Crippen molar-refractivity contribution in [3.05, 3.63) is 0 Å². The highest BCUT2D eigenvalue weighted by Crippen LogP contribution is 2.22. The maximum Gasteiger partial charge on any atom is 0.327 e. The minimum atomic E-state index is -0.917. The number of hydrogen-bond acceptors (Lipinski definition) is 4. The van der Waals surface area contributed by atoms with E-state index in [1.807, 2.05) is 13.8 Å². The Morgan fingerprint density at radius 2 is 2.15 bits per heavy atom. The largest absolute Gasteiger partial charge is 0.480 e. The fourth-order valence-electron chi connectivity index (χ4n) is 2.62. The van der Waals surface area contributed by atoms with Gasteiger partial charge in [-0.2, -0.15) is 11.8 Å². The number of carboxylic acids is 1. The molecule has 7 heteroatoms. The van der Waals surface area contributed by atoms with Crippen molar-refractivity contribution in [2.75, 3.05) is 31.2 Å². The first-order valence-electron chi connectivity index (χ1n) is 7.04. The standard InChI is InChI=1S/C13H22N2O4S/c1-3-10-7-19-9(2)6-15(10)13(18)14-4-5-20-8-11(14)12(16)17/h9-11H,3-8H2,1-2H3,(H,16,17). The molecule has 0 aromatic rings. The Morgan fingerprint density at radius 3 is 2.80 bits per heavy atom. The van der Waals surface area contributed by atoms with Crippen molar-refractivity contribution < 1.29 is 19.4 Å². The molecule has 3 unspecified atom stereocenters. The Balaban J connectivity index is 2.12. The number of aliphatic carboxylic acids is 1. The first-order valence-corrected chi connectivity index (χ1v) is 8.19. The average Bonchev–Trinajstić information content (AvgIpc) is 2.46. The van der Waals surface area contributed by atoms with E-state index >= 15 is 0 Å². The number of ether oxygens (including phenoxy) is 1. The van der Waals surface area contributed by atoms with Crippen molar-refractivity contribution in [1.29, 1.82) is 0 Å². The number of urea groups is 1. The fourth-order valence-corrected chi connectivity index (χ4v) is 3.66. The molecule has 2 saturated heterocycles. The van der Waals surface area contributed by atoms with Crippen LogP contribution in [-0.4, -0.2) is 76.3 Å². The number of hydrogen-bond donors (Lipinski definition) is 1. The van der Waals surface area contributed by atoms with Crippen molar-refractivity contribution in [1.82, 2.24) is 9.80 Å². The van der Waals surface area contributed by atoms with E-state index in [9.17, 15) is 14.7 Å². The molecule has 20 heavy (non-hydrogen) atoms. The molecule has 2 aliphatic heterocycles. The summed E-state index contributed by atoms with van der Waals surface area (Å²) in [6.45, 7) is 5.53. The van der Waals surface area contributed by atoms with E-state index in [0.29, 0.717) is 25.4 Å². The molecule has 2 rings (SSSR count).